The summed E-state index contributed by atoms with van der Waals surface area (Å²) >= 11 is 1.35. The average Bonchev–Trinajstić information content (AvgIpc) is 3.37. The van der Waals surface area contributed by atoms with E-state index in [0.29, 0.717) is 22.0 Å². The first kappa shape index (κ1) is 21.9. The van der Waals surface area contributed by atoms with Gasteiger partial charge in [0.25, 0.3) is 5.78 Å². The number of benzene rings is 3. The minimum Gasteiger partial charge on any atom is -0.507 e. The third-order valence-electron chi connectivity index (χ3n) is 5.92. The molecule has 2 heterocycles. The maximum absolute atomic E-state index is 13.3. The molecule has 1 amide bonds. The van der Waals surface area contributed by atoms with Gasteiger partial charge >= 0.3 is 5.91 Å². The number of aliphatic hydroxyl groups is 1. The first-order valence-electron chi connectivity index (χ1n) is 10.8. The fraction of sp³-hybridized carbons (Fsp3) is 0.148. The van der Waals surface area contributed by atoms with E-state index < -0.39 is 17.7 Å². The average molecular weight is 471 g/mol. The standard InChI is InChI=1S/C27H22N2O4S/c1-15-7-10-17(11-8-15)23-22(24(30)18-5-4-6-19(14-18)33-3)25(31)26(32)29(23)27-28-20-12-9-16(2)13-21(20)34-27/h4-14,23,30H,1-3H3/b24-22+/t23-/m0/s1. The number of anilines is 1. The molecule has 0 spiro atoms. The fourth-order valence-electron chi connectivity index (χ4n) is 4.14. The summed E-state index contributed by atoms with van der Waals surface area (Å²) in [5, 5.41) is 11.7. The molecule has 1 aliphatic rings. The van der Waals surface area contributed by atoms with Gasteiger partial charge < -0.3 is 9.84 Å². The molecule has 4 aromatic rings. The number of ether oxygens (including phenoxy) is 1. The van der Waals surface area contributed by atoms with Crippen LogP contribution in [0.2, 0.25) is 0 Å². The number of carbonyl (C=O) groups is 2. The van der Waals surface area contributed by atoms with Crippen LogP contribution in [0, 0.1) is 13.8 Å². The molecular formula is C27H22N2O4S. The lowest BCUT2D eigenvalue weighted by atomic mass is 9.95. The van der Waals surface area contributed by atoms with Crippen molar-refractivity contribution in [3.63, 3.8) is 0 Å². The molecule has 6 nitrogen and oxygen atoms in total. The molecule has 0 aliphatic carbocycles. The Kier molecular flexibility index (Phi) is 5.42. The third-order valence-corrected chi connectivity index (χ3v) is 6.94. The van der Waals surface area contributed by atoms with Crippen molar-refractivity contribution in [3.8, 4) is 5.75 Å². The van der Waals surface area contributed by atoms with Crippen molar-refractivity contribution in [1.82, 2.24) is 4.98 Å². The first-order chi connectivity index (χ1) is 16.4. The zero-order valence-electron chi connectivity index (χ0n) is 18.9. The Morgan fingerprint density at radius 2 is 1.74 bits per heavy atom. The highest BCUT2D eigenvalue weighted by Gasteiger charge is 2.48. The number of thiazole rings is 1. The normalized spacial score (nSPS) is 17.5. The van der Waals surface area contributed by atoms with Gasteiger partial charge in [0.1, 0.15) is 11.5 Å². The van der Waals surface area contributed by atoms with E-state index in [-0.39, 0.29) is 11.3 Å². The summed E-state index contributed by atoms with van der Waals surface area (Å²) in [6.45, 7) is 3.96. The molecule has 5 rings (SSSR count). The number of nitrogens with zero attached hydrogens (tertiary/aromatic N) is 2. The second kappa shape index (κ2) is 8.43. The third kappa shape index (κ3) is 3.64. The summed E-state index contributed by atoms with van der Waals surface area (Å²) in [7, 11) is 1.53. The van der Waals surface area contributed by atoms with E-state index in [1.807, 2.05) is 56.3 Å². The number of fused-ring (bicyclic) bond motifs is 1. The van der Waals surface area contributed by atoms with Gasteiger partial charge in [0.05, 0.1) is 28.9 Å². The van der Waals surface area contributed by atoms with E-state index in [2.05, 4.69) is 4.98 Å². The minimum atomic E-state index is -0.812. The number of hydrogen-bond donors (Lipinski definition) is 1. The number of aromatic nitrogens is 1. The second-order valence-electron chi connectivity index (χ2n) is 8.28. The van der Waals surface area contributed by atoms with E-state index in [4.69, 9.17) is 4.74 Å². The Morgan fingerprint density at radius 1 is 1.00 bits per heavy atom. The first-order valence-corrected chi connectivity index (χ1v) is 11.6. The molecule has 7 heteroatoms. The Bertz CT molecular complexity index is 1470. The van der Waals surface area contributed by atoms with Crippen LogP contribution in [-0.2, 0) is 9.59 Å². The SMILES string of the molecule is COc1cccc(/C(O)=C2\C(=O)C(=O)N(c3nc4ccc(C)cc4s3)[C@H]2c2ccc(C)cc2)c1. The summed E-state index contributed by atoms with van der Waals surface area (Å²) in [5.74, 6) is -1.18. The molecule has 1 atom stereocenters. The molecule has 170 valence electrons. The molecule has 0 radical (unpaired) electrons. The summed E-state index contributed by atoms with van der Waals surface area (Å²) in [6.07, 6.45) is 0. The number of ketones is 1. The van der Waals surface area contributed by atoms with Crippen LogP contribution < -0.4 is 9.64 Å². The van der Waals surface area contributed by atoms with E-state index in [1.54, 1.807) is 24.3 Å². The van der Waals surface area contributed by atoms with Crippen molar-refractivity contribution < 1.29 is 19.4 Å². The summed E-state index contributed by atoms with van der Waals surface area (Å²) < 4.78 is 6.19. The van der Waals surface area contributed by atoms with Crippen molar-refractivity contribution >= 4 is 44.1 Å². The maximum Gasteiger partial charge on any atom is 0.301 e. The molecule has 0 bridgehead atoms. The molecule has 0 unspecified atom stereocenters. The minimum absolute atomic E-state index is 0.0255. The van der Waals surface area contributed by atoms with Crippen LogP contribution in [0.5, 0.6) is 5.75 Å². The van der Waals surface area contributed by atoms with Crippen LogP contribution in [0.25, 0.3) is 16.0 Å². The summed E-state index contributed by atoms with van der Waals surface area (Å²) in [5.41, 5.74) is 4.02. The van der Waals surface area contributed by atoms with E-state index in [0.717, 1.165) is 21.3 Å². The molecule has 1 aromatic heterocycles. The zero-order valence-corrected chi connectivity index (χ0v) is 19.7. The monoisotopic (exact) mass is 470 g/mol. The molecule has 1 saturated heterocycles. The number of carbonyl (C=O) groups excluding carboxylic acids is 2. The predicted molar refractivity (Wildman–Crippen MR) is 133 cm³/mol. The number of methoxy groups -OCH3 is 1. The van der Waals surface area contributed by atoms with Gasteiger partial charge in [-0.1, -0.05) is 59.4 Å². The van der Waals surface area contributed by atoms with Gasteiger partial charge in [0.2, 0.25) is 0 Å². The molecule has 3 aromatic carbocycles. The van der Waals surface area contributed by atoms with Crippen molar-refractivity contribution in [2.75, 3.05) is 12.0 Å². The van der Waals surface area contributed by atoms with E-state index >= 15 is 0 Å². The lowest BCUT2D eigenvalue weighted by Crippen LogP contribution is -2.29. The van der Waals surface area contributed by atoms with Crippen LogP contribution >= 0.6 is 11.3 Å². The molecular weight excluding hydrogens is 448 g/mol. The Morgan fingerprint density at radius 3 is 2.47 bits per heavy atom. The highest BCUT2D eigenvalue weighted by atomic mass is 32.1. The number of rotatable bonds is 4. The number of hydrogen-bond acceptors (Lipinski definition) is 6. The Labute approximate surface area is 200 Å². The smallest absolute Gasteiger partial charge is 0.301 e. The largest absolute Gasteiger partial charge is 0.507 e. The second-order valence-corrected chi connectivity index (χ2v) is 9.29. The fourth-order valence-corrected chi connectivity index (χ4v) is 5.23. The van der Waals surface area contributed by atoms with E-state index in [1.165, 1.54) is 23.3 Å². The van der Waals surface area contributed by atoms with Crippen LogP contribution in [0.4, 0.5) is 5.13 Å². The van der Waals surface area contributed by atoms with Crippen LogP contribution in [0.15, 0.2) is 72.3 Å². The van der Waals surface area contributed by atoms with Gasteiger partial charge in [-0.3, -0.25) is 14.5 Å². The molecule has 34 heavy (non-hydrogen) atoms. The quantitative estimate of drug-likeness (QED) is 0.240. The Hall–Kier alpha value is -3.97. The molecule has 1 fully saturated rings. The number of aryl methyl sites for hydroxylation is 2. The van der Waals surface area contributed by atoms with Crippen LogP contribution in [-0.4, -0.2) is 28.9 Å². The van der Waals surface area contributed by atoms with Crippen LogP contribution in [0.1, 0.15) is 28.3 Å². The van der Waals surface area contributed by atoms with Crippen LogP contribution in [0.3, 0.4) is 0 Å². The molecule has 1 N–H and O–H groups in total. The zero-order chi connectivity index (χ0) is 24.0. The van der Waals surface area contributed by atoms with Crippen molar-refractivity contribution in [1.29, 1.82) is 0 Å². The van der Waals surface area contributed by atoms with Crippen molar-refractivity contribution in [3.05, 3.63) is 94.6 Å². The molecule has 1 aliphatic heterocycles. The number of Topliss-reactive ketones (excluding diaryl/α,β-unsaturated/α-hetero) is 1. The predicted octanol–water partition coefficient (Wildman–Crippen LogP) is 5.55. The summed E-state index contributed by atoms with van der Waals surface area (Å²) in [4.78, 5) is 32.7. The van der Waals surface area contributed by atoms with Crippen molar-refractivity contribution in [2.45, 2.75) is 19.9 Å². The number of aliphatic hydroxyl groups excluding tert-OH is 1. The van der Waals surface area contributed by atoms with Gasteiger partial charge in [-0.15, -0.1) is 0 Å². The van der Waals surface area contributed by atoms with Gasteiger partial charge in [-0.25, -0.2) is 4.98 Å². The van der Waals surface area contributed by atoms with E-state index in [9.17, 15) is 14.7 Å². The van der Waals surface area contributed by atoms with Gasteiger partial charge in [-0.2, -0.15) is 0 Å². The van der Waals surface area contributed by atoms with Gasteiger partial charge in [-0.05, 0) is 49.2 Å². The molecule has 0 saturated carbocycles. The highest BCUT2D eigenvalue weighted by Crippen LogP contribution is 2.44. The lowest BCUT2D eigenvalue weighted by molar-refractivity contribution is -0.132. The van der Waals surface area contributed by atoms with Crippen molar-refractivity contribution in [2.24, 2.45) is 0 Å². The van der Waals surface area contributed by atoms with Gasteiger partial charge in [0, 0.05) is 5.56 Å². The topological polar surface area (TPSA) is 79.7 Å². The lowest BCUT2D eigenvalue weighted by Gasteiger charge is -2.23. The number of amides is 1. The maximum atomic E-state index is 13.3. The van der Waals surface area contributed by atoms with Gasteiger partial charge in [0.15, 0.2) is 5.13 Å². The summed E-state index contributed by atoms with van der Waals surface area (Å²) in [6, 6.07) is 19.4. The highest BCUT2D eigenvalue weighted by molar-refractivity contribution is 7.22. The Balaban J connectivity index is 1.73.